The highest BCUT2D eigenvalue weighted by molar-refractivity contribution is 5.81. The fourth-order valence-electron chi connectivity index (χ4n) is 2.86. The molecule has 0 saturated carbocycles. The summed E-state index contributed by atoms with van der Waals surface area (Å²) in [4.78, 5) is 16.0. The van der Waals surface area contributed by atoms with Crippen LogP contribution in [0.15, 0.2) is 48.5 Å². The van der Waals surface area contributed by atoms with Crippen LogP contribution in [0.2, 0.25) is 0 Å². The highest BCUT2D eigenvalue weighted by atomic mass is 16.1. The molecule has 1 aromatic heterocycles. The van der Waals surface area contributed by atoms with Gasteiger partial charge in [0.25, 0.3) is 0 Å². The summed E-state index contributed by atoms with van der Waals surface area (Å²) in [7, 11) is 0. The minimum absolute atomic E-state index is 0.116. The number of aromatic nitrogens is 2. The lowest BCUT2D eigenvalue weighted by molar-refractivity contribution is -0.118. The number of carbonyl (C=O) groups excluding carboxylic acids is 1. The van der Waals surface area contributed by atoms with Crippen molar-refractivity contribution < 1.29 is 4.79 Å². The maximum Gasteiger partial charge on any atom is 0.219 e. The first-order valence-electron chi connectivity index (χ1n) is 8.21. The number of imidazole rings is 1. The number of para-hydroxylation sites is 2. The Morgan fingerprint density at radius 1 is 1.08 bits per heavy atom. The van der Waals surface area contributed by atoms with Gasteiger partial charge in [-0.3, -0.25) is 4.79 Å². The summed E-state index contributed by atoms with van der Waals surface area (Å²) >= 11 is 0. The van der Waals surface area contributed by atoms with Crippen LogP contribution in [-0.2, 0) is 16.8 Å². The first kappa shape index (κ1) is 16.2. The Morgan fingerprint density at radius 2 is 1.75 bits per heavy atom. The molecule has 24 heavy (non-hydrogen) atoms. The summed E-state index contributed by atoms with van der Waals surface area (Å²) in [5.74, 6) is 0.569. The van der Waals surface area contributed by atoms with E-state index in [9.17, 15) is 4.79 Å². The van der Waals surface area contributed by atoms with Gasteiger partial charge in [0, 0.05) is 18.5 Å². The number of nitrogens with two attached hydrogens (primary N) is 1. The van der Waals surface area contributed by atoms with Crippen LogP contribution in [0.3, 0.4) is 0 Å². The Kier molecular flexibility index (Phi) is 4.14. The Hall–Kier alpha value is -2.62. The molecule has 0 aliphatic rings. The van der Waals surface area contributed by atoms with Crippen molar-refractivity contribution in [1.29, 1.82) is 0 Å². The molecular weight excluding hydrogens is 298 g/mol. The van der Waals surface area contributed by atoms with E-state index >= 15 is 0 Å². The number of aryl methyl sites for hydroxylation is 1. The minimum atomic E-state index is -0.304. The number of benzene rings is 2. The first-order chi connectivity index (χ1) is 11.4. The lowest BCUT2D eigenvalue weighted by Crippen LogP contribution is -2.14. The van der Waals surface area contributed by atoms with Gasteiger partial charge in [0.1, 0.15) is 5.82 Å². The van der Waals surface area contributed by atoms with Crippen molar-refractivity contribution in [2.24, 2.45) is 5.73 Å². The zero-order valence-corrected chi connectivity index (χ0v) is 14.4. The van der Waals surface area contributed by atoms with Crippen molar-refractivity contribution in [3.63, 3.8) is 0 Å². The number of rotatable bonds is 4. The van der Waals surface area contributed by atoms with Crippen LogP contribution in [0.1, 0.15) is 32.8 Å². The molecule has 124 valence electrons. The van der Waals surface area contributed by atoms with E-state index in [1.807, 2.05) is 24.3 Å². The molecule has 2 aromatic carbocycles. The molecule has 4 heteroatoms. The second kappa shape index (κ2) is 6.11. The number of nitrogens with zero attached hydrogens (tertiary/aromatic N) is 2. The summed E-state index contributed by atoms with van der Waals surface area (Å²) in [6.45, 7) is 7.13. The topological polar surface area (TPSA) is 60.9 Å². The quantitative estimate of drug-likeness (QED) is 0.793. The number of hydrogen-bond donors (Lipinski definition) is 1. The van der Waals surface area contributed by atoms with Crippen LogP contribution >= 0.6 is 0 Å². The smallest absolute Gasteiger partial charge is 0.219 e. The third-order valence-corrected chi connectivity index (χ3v) is 4.25. The van der Waals surface area contributed by atoms with Gasteiger partial charge in [0.15, 0.2) is 0 Å². The molecule has 3 aromatic rings. The van der Waals surface area contributed by atoms with E-state index in [4.69, 9.17) is 10.7 Å². The van der Waals surface area contributed by atoms with Gasteiger partial charge in [0.2, 0.25) is 5.91 Å². The monoisotopic (exact) mass is 321 g/mol. The third-order valence-electron chi connectivity index (χ3n) is 4.25. The zero-order chi connectivity index (χ0) is 17.3. The summed E-state index contributed by atoms with van der Waals surface area (Å²) in [5, 5.41) is 0. The Bertz CT molecular complexity index is 870. The molecule has 0 atom stereocenters. The predicted molar refractivity (Wildman–Crippen MR) is 97.7 cm³/mol. The first-order valence-corrected chi connectivity index (χ1v) is 8.21. The Labute approximate surface area is 142 Å². The maximum absolute atomic E-state index is 11.2. The average molecular weight is 321 g/mol. The number of fused-ring (bicyclic) bond motifs is 1. The van der Waals surface area contributed by atoms with Gasteiger partial charge in [-0.25, -0.2) is 4.98 Å². The molecule has 0 unspecified atom stereocenters. The largest absolute Gasteiger partial charge is 0.370 e. The fourth-order valence-corrected chi connectivity index (χ4v) is 2.86. The molecule has 0 aliphatic heterocycles. The van der Waals surface area contributed by atoms with Crippen molar-refractivity contribution >= 4 is 16.9 Å². The van der Waals surface area contributed by atoms with Crippen LogP contribution in [0.4, 0.5) is 0 Å². The van der Waals surface area contributed by atoms with Crippen LogP contribution in [0.25, 0.3) is 22.4 Å². The molecule has 4 nitrogen and oxygen atoms in total. The third kappa shape index (κ3) is 3.18. The highest BCUT2D eigenvalue weighted by Gasteiger charge is 2.16. The number of primary amides is 1. The molecule has 1 amide bonds. The van der Waals surface area contributed by atoms with Gasteiger partial charge in [-0.1, -0.05) is 57.2 Å². The zero-order valence-electron chi connectivity index (χ0n) is 14.4. The van der Waals surface area contributed by atoms with Gasteiger partial charge >= 0.3 is 0 Å². The second-order valence-electron chi connectivity index (χ2n) is 7.12. The summed E-state index contributed by atoms with van der Waals surface area (Å²) in [5.41, 5.74) is 9.73. The molecule has 0 spiro atoms. The van der Waals surface area contributed by atoms with Crippen molar-refractivity contribution in [2.45, 2.75) is 39.2 Å². The highest BCUT2D eigenvalue weighted by Crippen LogP contribution is 2.28. The average Bonchev–Trinajstić information content (AvgIpc) is 2.91. The maximum atomic E-state index is 11.2. The van der Waals surface area contributed by atoms with Crippen molar-refractivity contribution in [3.05, 3.63) is 54.1 Å². The normalized spacial score (nSPS) is 11.8. The molecule has 0 radical (unpaired) electrons. The van der Waals surface area contributed by atoms with Crippen LogP contribution in [0, 0.1) is 0 Å². The summed E-state index contributed by atoms with van der Waals surface area (Å²) in [6, 6.07) is 16.5. The minimum Gasteiger partial charge on any atom is -0.370 e. The number of hydrogen-bond acceptors (Lipinski definition) is 2. The summed E-state index contributed by atoms with van der Waals surface area (Å²) in [6.07, 6.45) is 0.299. The van der Waals surface area contributed by atoms with Gasteiger partial charge in [-0.15, -0.1) is 0 Å². The van der Waals surface area contributed by atoms with Crippen LogP contribution in [0.5, 0.6) is 0 Å². The van der Waals surface area contributed by atoms with Gasteiger partial charge in [-0.2, -0.15) is 0 Å². The van der Waals surface area contributed by atoms with Crippen molar-refractivity contribution in [3.8, 4) is 11.4 Å². The Morgan fingerprint density at radius 3 is 2.38 bits per heavy atom. The van der Waals surface area contributed by atoms with E-state index in [0.717, 1.165) is 22.4 Å². The fraction of sp³-hybridized carbons (Fsp3) is 0.300. The van der Waals surface area contributed by atoms with Crippen molar-refractivity contribution in [1.82, 2.24) is 9.55 Å². The SMILES string of the molecule is CC(C)(C)c1ccc(-c2nc3ccccc3n2CCC(N)=O)cc1. The van der Waals surface area contributed by atoms with E-state index in [-0.39, 0.29) is 11.3 Å². The number of carbonyl (C=O) groups is 1. The molecule has 0 aliphatic carbocycles. The molecule has 2 N–H and O–H groups in total. The van der Waals surface area contributed by atoms with E-state index in [2.05, 4.69) is 49.6 Å². The van der Waals surface area contributed by atoms with Crippen LogP contribution < -0.4 is 5.73 Å². The molecule has 0 saturated heterocycles. The van der Waals surface area contributed by atoms with Gasteiger partial charge in [0.05, 0.1) is 11.0 Å². The van der Waals surface area contributed by atoms with E-state index in [1.165, 1.54) is 5.56 Å². The summed E-state index contributed by atoms with van der Waals surface area (Å²) < 4.78 is 2.08. The standard InChI is InChI=1S/C20H23N3O/c1-20(2,3)15-10-8-14(9-11-15)19-22-16-6-4-5-7-17(16)23(19)13-12-18(21)24/h4-11H,12-13H2,1-3H3,(H2,21,24). The molecule has 3 rings (SSSR count). The lowest BCUT2D eigenvalue weighted by Gasteiger charge is -2.19. The van der Waals surface area contributed by atoms with Crippen molar-refractivity contribution in [2.75, 3.05) is 0 Å². The van der Waals surface area contributed by atoms with Gasteiger partial charge < -0.3 is 10.3 Å². The lowest BCUT2D eigenvalue weighted by atomic mass is 9.87. The second-order valence-corrected chi connectivity index (χ2v) is 7.12. The number of amides is 1. The Balaban J connectivity index is 2.07. The predicted octanol–water partition coefficient (Wildman–Crippen LogP) is 3.88. The molecule has 1 heterocycles. The van der Waals surface area contributed by atoms with Gasteiger partial charge in [-0.05, 0) is 23.1 Å². The molecular formula is C20H23N3O. The molecule has 0 bridgehead atoms. The molecule has 0 fully saturated rings. The van der Waals surface area contributed by atoms with E-state index in [0.29, 0.717) is 13.0 Å². The van der Waals surface area contributed by atoms with E-state index < -0.39 is 0 Å². The van der Waals surface area contributed by atoms with Crippen LogP contribution in [-0.4, -0.2) is 15.5 Å². The van der Waals surface area contributed by atoms with E-state index in [1.54, 1.807) is 0 Å².